The van der Waals surface area contributed by atoms with Crippen LogP contribution in [-0.2, 0) is 18.3 Å². The molecule has 0 unspecified atom stereocenters. The number of aromatic nitrogens is 2. The Kier molecular flexibility index (Phi) is 4.58. The maximum atomic E-state index is 12.8. The van der Waals surface area contributed by atoms with E-state index in [0.29, 0.717) is 17.0 Å². The summed E-state index contributed by atoms with van der Waals surface area (Å²) >= 11 is 2.96. The largest absolute Gasteiger partial charge is 0.311 e. The van der Waals surface area contributed by atoms with Gasteiger partial charge in [-0.1, -0.05) is 18.2 Å². The van der Waals surface area contributed by atoms with Crippen LogP contribution in [0.4, 0.5) is 5.69 Å². The van der Waals surface area contributed by atoms with Crippen molar-refractivity contribution in [2.24, 2.45) is 7.05 Å². The van der Waals surface area contributed by atoms with Crippen molar-refractivity contribution in [3.8, 4) is 0 Å². The minimum atomic E-state index is -0.0353. The minimum Gasteiger partial charge on any atom is -0.311 e. The summed E-state index contributed by atoms with van der Waals surface area (Å²) in [7, 11) is 1.73. The quantitative estimate of drug-likeness (QED) is 0.649. The van der Waals surface area contributed by atoms with E-state index in [2.05, 4.69) is 11.1 Å². The molecule has 0 spiro atoms. The number of hydrogen-bond acceptors (Lipinski definition) is 5. The van der Waals surface area contributed by atoms with E-state index < -0.39 is 0 Å². The summed E-state index contributed by atoms with van der Waals surface area (Å²) < 4.78 is 2.51. The number of anilines is 1. The van der Waals surface area contributed by atoms with Gasteiger partial charge >= 0.3 is 0 Å². The van der Waals surface area contributed by atoms with Crippen LogP contribution in [0.3, 0.4) is 0 Å². The molecule has 0 saturated heterocycles. The monoisotopic (exact) mass is 385 g/mol. The zero-order valence-electron chi connectivity index (χ0n) is 14.7. The molecular weight excluding hydrogens is 366 g/mol. The second kappa shape index (κ2) is 6.89. The molecule has 5 nitrogen and oxygen atoms in total. The van der Waals surface area contributed by atoms with Crippen molar-refractivity contribution in [1.82, 2.24) is 9.55 Å². The van der Waals surface area contributed by atoms with Crippen molar-refractivity contribution < 1.29 is 4.79 Å². The van der Waals surface area contributed by atoms with E-state index in [4.69, 9.17) is 0 Å². The third-order valence-electron chi connectivity index (χ3n) is 4.72. The van der Waals surface area contributed by atoms with Gasteiger partial charge in [0, 0.05) is 19.3 Å². The Balaban J connectivity index is 1.53. The molecule has 7 heteroatoms. The Morgan fingerprint density at radius 2 is 2.15 bits per heavy atom. The molecule has 0 atom stereocenters. The van der Waals surface area contributed by atoms with Crippen molar-refractivity contribution in [3.05, 3.63) is 52.1 Å². The van der Waals surface area contributed by atoms with Gasteiger partial charge in [0.2, 0.25) is 5.91 Å². The van der Waals surface area contributed by atoms with E-state index in [1.165, 1.54) is 28.7 Å². The van der Waals surface area contributed by atoms with E-state index >= 15 is 0 Å². The summed E-state index contributed by atoms with van der Waals surface area (Å²) in [6.45, 7) is 2.59. The molecule has 1 aliphatic heterocycles. The van der Waals surface area contributed by atoms with Gasteiger partial charge in [-0.25, -0.2) is 4.98 Å². The number of nitrogens with zero attached hydrogens (tertiary/aromatic N) is 3. The van der Waals surface area contributed by atoms with Crippen LogP contribution in [0.2, 0.25) is 0 Å². The van der Waals surface area contributed by atoms with Gasteiger partial charge in [0.1, 0.15) is 10.7 Å². The van der Waals surface area contributed by atoms with Crippen molar-refractivity contribution in [1.29, 1.82) is 0 Å². The molecule has 3 aromatic rings. The number of thioether (sulfide) groups is 1. The lowest BCUT2D eigenvalue weighted by Gasteiger charge is -2.29. The van der Waals surface area contributed by atoms with Gasteiger partial charge in [-0.2, -0.15) is 0 Å². The molecule has 3 heterocycles. The normalized spacial score (nSPS) is 13.8. The molecule has 1 aromatic carbocycles. The molecule has 1 aliphatic rings. The summed E-state index contributed by atoms with van der Waals surface area (Å²) in [4.78, 5) is 32.2. The second-order valence-corrected chi connectivity index (χ2v) is 8.68. The number of benzene rings is 1. The molecule has 0 N–H and O–H groups in total. The Bertz CT molecular complexity index is 1050. The predicted molar refractivity (Wildman–Crippen MR) is 107 cm³/mol. The lowest BCUT2D eigenvalue weighted by molar-refractivity contribution is -0.116. The first-order valence-corrected chi connectivity index (χ1v) is 10.3. The lowest BCUT2D eigenvalue weighted by Crippen LogP contribution is -2.36. The highest BCUT2D eigenvalue weighted by atomic mass is 32.2. The highest BCUT2D eigenvalue weighted by molar-refractivity contribution is 8.01. The molecule has 0 fully saturated rings. The molecule has 2 aromatic heterocycles. The SMILES string of the molecule is Cc1nc2sc(SCC(=O)N3CCCc4ccccc43)cc2c(=O)n1C. The van der Waals surface area contributed by atoms with E-state index in [0.717, 1.165) is 34.1 Å². The van der Waals surface area contributed by atoms with Crippen molar-refractivity contribution >= 4 is 44.9 Å². The number of carbonyl (C=O) groups is 1. The van der Waals surface area contributed by atoms with E-state index in [1.54, 1.807) is 11.6 Å². The third-order valence-corrected chi connectivity index (χ3v) is 6.94. The van der Waals surface area contributed by atoms with Gasteiger partial charge in [0.25, 0.3) is 5.56 Å². The van der Waals surface area contributed by atoms with Crippen LogP contribution in [0.1, 0.15) is 17.8 Å². The van der Waals surface area contributed by atoms with Crippen LogP contribution in [0.25, 0.3) is 10.2 Å². The summed E-state index contributed by atoms with van der Waals surface area (Å²) in [5, 5.41) is 0.626. The molecule has 0 radical (unpaired) electrons. The molecule has 26 heavy (non-hydrogen) atoms. The number of aryl methyl sites for hydroxylation is 2. The fraction of sp³-hybridized carbons (Fsp3) is 0.316. The van der Waals surface area contributed by atoms with Gasteiger partial charge in [-0.3, -0.25) is 14.2 Å². The number of fused-ring (bicyclic) bond motifs is 2. The van der Waals surface area contributed by atoms with Crippen LogP contribution in [0.15, 0.2) is 39.3 Å². The fourth-order valence-electron chi connectivity index (χ4n) is 3.22. The van der Waals surface area contributed by atoms with Gasteiger partial charge in [0.05, 0.1) is 15.3 Å². The third kappa shape index (κ3) is 3.05. The lowest BCUT2D eigenvalue weighted by atomic mass is 10.0. The molecule has 0 aliphatic carbocycles. The van der Waals surface area contributed by atoms with Crippen LogP contribution >= 0.6 is 23.1 Å². The van der Waals surface area contributed by atoms with Gasteiger partial charge < -0.3 is 4.90 Å². The van der Waals surface area contributed by atoms with Crippen LogP contribution in [0, 0.1) is 6.92 Å². The number of thiophene rings is 1. The average Bonchev–Trinajstić information content (AvgIpc) is 3.07. The van der Waals surface area contributed by atoms with Crippen LogP contribution < -0.4 is 10.5 Å². The molecule has 0 bridgehead atoms. The van der Waals surface area contributed by atoms with Crippen LogP contribution in [-0.4, -0.2) is 27.8 Å². The number of rotatable bonds is 3. The Labute approximate surface area is 159 Å². The first-order chi connectivity index (χ1) is 12.5. The van der Waals surface area contributed by atoms with E-state index in [-0.39, 0.29) is 11.5 Å². The number of hydrogen-bond donors (Lipinski definition) is 0. The molecule has 4 rings (SSSR count). The molecule has 0 saturated carbocycles. The predicted octanol–water partition coefficient (Wildman–Crippen LogP) is 3.37. The maximum Gasteiger partial charge on any atom is 0.262 e. The summed E-state index contributed by atoms with van der Waals surface area (Å²) in [5.41, 5.74) is 2.24. The Morgan fingerprint density at radius 1 is 1.35 bits per heavy atom. The number of carbonyl (C=O) groups excluding carboxylic acids is 1. The van der Waals surface area contributed by atoms with Crippen LogP contribution in [0.5, 0.6) is 0 Å². The molecular formula is C19H19N3O2S2. The van der Waals surface area contributed by atoms with Gasteiger partial charge in [-0.05, 0) is 37.5 Å². The van der Waals surface area contributed by atoms with Crippen molar-refractivity contribution in [2.75, 3.05) is 17.2 Å². The summed E-state index contributed by atoms with van der Waals surface area (Å²) in [6, 6.07) is 9.98. The topological polar surface area (TPSA) is 55.2 Å². The standard InChI is InChI=1S/C19H19N3O2S2/c1-12-20-18-14(19(24)21(12)2)10-17(26-18)25-11-16(23)22-9-5-7-13-6-3-4-8-15(13)22/h3-4,6,8,10H,5,7,9,11H2,1-2H3. The zero-order chi connectivity index (χ0) is 18.3. The van der Waals surface area contributed by atoms with Gasteiger partial charge in [-0.15, -0.1) is 23.1 Å². The van der Waals surface area contributed by atoms with Crippen molar-refractivity contribution in [3.63, 3.8) is 0 Å². The first kappa shape index (κ1) is 17.3. The molecule has 134 valence electrons. The number of para-hydroxylation sites is 1. The summed E-state index contributed by atoms with van der Waals surface area (Å²) in [6.07, 6.45) is 2.02. The second-order valence-electron chi connectivity index (χ2n) is 6.37. The molecule has 1 amide bonds. The highest BCUT2D eigenvalue weighted by Gasteiger charge is 2.22. The highest BCUT2D eigenvalue weighted by Crippen LogP contribution is 2.32. The minimum absolute atomic E-state index is 0.0353. The zero-order valence-corrected chi connectivity index (χ0v) is 16.3. The number of amides is 1. The van der Waals surface area contributed by atoms with E-state index in [9.17, 15) is 9.59 Å². The van der Waals surface area contributed by atoms with Gasteiger partial charge in [0.15, 0.2) is 0 Å². The Hall–Kier alpha value is -2.12. The summed E-state index contributed by atoms with van der Waals surface area (Å²) in [5.74, 6) is 1.17. The van der Waals surface area contributed by atoms with E-state index in [1.807, 2.05) is 36.1 Å². The Morgan fingerprint density at radius 3 is 3.00 bits per heavy atom. The fourth-order valence-corrected chi connectivity index (χ4v) is 5.29. The average molecular weight is 386 g/mol. The first-order valence-electron chi connectivity index (χ1n) is 8.53. The smallest absolute Gasteiger partial charge is 0.262 e. The maximum absolute atomic E-state index is 12.8. The van der Waals surface area contributed by atoms with Crippen molar-refractivity contribution in [2.45, 2.75) is 24.0 Å².